The minimum Gasteiger partial charge on any atom is -0.463 e. The van der Waals surface area contributed by atoms with Gasteiger partial charge < -0.3 is 15.8 Å². The molecule has 20 heavy (non-hydrogen) atoms. The van der Waals surface area contributed by atoms with E-state index in [1.54, 1.807) is 0 Å². The Hall–Kier alpha value is -1.63. The summed E-state index contributed by atoms with van der Waals surface area (Å²) in [6.45, 7) is 7.88. The molecule has 0 amide bonds. The Kier molecular flexibility index (Phi) is 5.34. The van der Waals surface area contributed by atoms with Crippen LogP contribution in [0.1, 0.15) is 33.1 Å². The summed E-state index contributed by atoms with van der Waals surface area (Å²) in [5, 5.41) is 3.24. The van der Waals surface area contributed by atoms with Gasteiger partial charge >= 0.3 is 6.01 Å². The number of nitrogen functional groups attached to an aromatic ring is 1. The fourth-order valence-corrected chi connectivity index (χ4v) is 2.46. The zero-order valence-corrected chi connectivity index (χ0v) is 12.3. The molecule has 0 aromatic carbocycles. The Bertz CT molecular complexity index is 427. The van der Waals surface area contributed by atoms with Crippen molar-refractivity contribution in [2.75, 3.05) is 37.3 Å². The summed E-state index contributed by atoms with van der Waals surface area (Å²) in [5.41, 5.74) is 5.68. The van der Waals surface area contributed by atoms with Gasteiger partial charge in [-0.2, -0.15) is 15.0 Å². The van der Waals surface area contributed by atoms with Crippen molar-refractivity contribution in [3.63, 3.8) is 0 Å². The fraction of sp³-hybridized carbons (Fsp3) is 0.769. The Morgan fingerprint density at radius 3 is 2.95 bits per heavy atom. The second-order valence-corrected chi connectivity index (χ2v) is 4.95. The van der Waals surface area contributed by atoms with Crippen LogP contribution < -0.4 is 15.8 Å². The summed E-state index contributed by atoms with van der Waals surface area (Å²) in [7, 11) is 0. The zero-order chi connectivity index (χ0) is 14.4. The van der Waals surface area contributed by atoms with Crippen LogP contribution in [-0.4, -0.2) is 52.1 Å². The lowest BCUT2D eigenvalue weighted by Crippen LogP contribution is -2.35. The highest BCUT2D eigenvalue weighted by Crippen LogP contribution is 2.17. The van der Waals surface area contributed by atoms with E-state index in [2.05, 4.69) is 32.1 Å². The van der Waals surface area contributed by atoms with E-state index in [4.69, 9.17) is 10.5 Å². The first-order chi connectivity index (χ1) is 9.72. The number of likely N-dealkylation sites (N-methyl/N-ethyl adjacent to an activating group) is 1. The maximum atomic E-state index is 5.68. The number of nitrogens with two attached hydrogens (primary N) is 1. The van der Waals surface area contributed by atoms with Crippen LogP contribution in [-0.2, 0) is 0 Å². The molecule has 3 N–H and O–H groups in total. The van der Waals surface area contributed by atoms with Crippen molar-refractivity contribution in [2.24, 2.45) is 0 Å². The van der Waals surface area contributed by atoms with Gasteiger partial charge in [-0.05, 0) is 32.4 Å². The molecule has 112 valence electrons. The molecule has 1 fully saturated rings. The summed E-state index contributed by atoms with van der Waals surface area (Å²) in [5.74, 6) is 0.680. The molecule has 7 nitrogen and oxygen atoms in total. The molecule has 7 heteroatoms. The third kappa shape index (κ3) is 3.93. The van der Waals surface area contributed by atoms with E-state index in [1.807, 2.05) is 6.92 Å². The van der Waals surface area contributed by atoms with Crippen molar-refractivity contribution in [3.8, 4) is 6.01 Å². The normalized spacial score (nSPS) is 19.2. The maximum Gasteiger partial charge on any atom is 0.323 e. The van der Waals surface area contributed by atoms with Gasteiger partial charge in [-0.1, -0.05) is 13.8 Å². The number of hydrogen-bond acceptors (Lipinski definition) is 7. The smallest absolute Gasteiger partial charge is 0.323 e. The molecule has 1 unspecified atom stereocenters. The molecule has 1 aliphatic heterocycles. The monoisotopic (exact) mass is 280 g/mol. The molecule has 0 aliphatic carbocycles. The van der Waals surface area contributed by atoms with Gasteiger partial charge in [-0.3, -0.25) is 4.90 Å². The number of nitrogens with one attached hydrogen (secondary N) is 1. The fourth-order valence-electron chi connectivity index (χ4n) is 2.46. The molecule has 1 aliphatic rings. The van der Waals surface area contributed by atoms with E-state index in [9.17, 15) is 0 Å². The first-order valence-corrected chi connectivity index (χ1v) is 7.35. The highest BCUT2D eigenvalue weighted by molar-refractivity contribution is 5.32. The molecule has 1 aromatic heterocycles. The third-order valence-corrected chi connectivity index (χ3v) is 3.47. The van der Waals surface area contributed by atoms with Crippen LogP contribution in [0.4, 0.5) is 11.9 Å². The van der Waals surface area contributed by atoms with Gasteiger partial charge in [0.05, 0.1) is 6.61 Å². The summed E-state index contributed by atoms with van der Waals surface area (Å²) in [4.78, 5) is 14.8. The Labute approximate surface area is 119 Å². The van der Waals surface area contributed by atoms with Gasteiger partial charge in [0.25, 0.3) is 0 Å². The maximum absolute atomic E-state index is 5.68. The summed E-state index contributed by atoms with van der Waals surface area (Å²) in [6.07, 6.45) is 3.37. The van der Waals surface area contributed by atoms with Crippen LogP contribution >= 0.6 is 0 Å². The number of aromatic nitrogens is 3. The van der Waals surface area contributed by atoms with Crippen LogP contribution in [0.3, 0.4) is 0 Å². The molecule has 1 saturated heterocycles. The van der Waals surface area contributed by atoms with E-state index < -0.39 is 0 Å². The van der Waals surface area contributed by atoms with Crippen molar-refractivity contribution < 1.29 is 4.74 Å². The first-order valence-electron chi connectivity index (χ1n) is 7.35. The molecule has 0 saturated carbocycles. The molecule has 0 bridgehead atoms. The number of nitrogens with zero attached hydrogens (tertiary/aromatic N) is 4. The van der Waals surface area contributed by atoms with Crippen molar-refractivity contribution in [3.05, 3.63) is 0 Å². The van der Waals surface area contributed by atoms with Gasteiger partial charge in [-0.25, -0.2) is 0 Å². The Morgan fingerprint density at radius 2 is 2.20 bits per heavy atom. The lowest BCUT2D eigenvalue weighted by Gasteiger charge is -2.22. The van der Waals surface area contributed by atoms with Crippen molar-refractivity contribution in [1.82, 2.24) is 19.9 Å². The van der Waals surface area contributed by atoms with Crippen LogP contribution in [0.2, 0.25) is 0 Å². The predicted octanol–water partition coefficient (Wildman–Crippen LogP) is 1.14. The predicted molar refractivity (Wildman–Crippen MR) is 78.8 cm³/mol. The van der Waals surface area contributed by atoms with Gasteiger partial charge in [-0.15, -0.1) is 0 Å². The van der Waals surface area contributed by atoms with Crippen LogP contribution in [0, 0.1) is 0 Å². The topological polar surface area (TPSA) is 89.2 Å². The standard InChI is InChI=1S/C13H24N6O/c1-3-8-20-13-17-11(14)16-12(18-13)15-9-10-6-5-7-19(10)4-2/h10H,3-9H2,1-2H3,(H3,14,15,16,17,18). The lowest BCUT2D eigenvalue weighted by atomic mass is 10.2. The Morgan fingerprint density at radius 1 is 1.35 bits per heavy atom. The number of likely N-dealkylation sites (tertiary alicyclic amines) is 1. The summed E-state index contributed by atoms with van der Waals surface area (Å²) in [6, 6.07) is 0.832. The average Bonchev–Trinajstić information content (AvgIpc) is 2.90. The van der Waals surface area contributed by atoms with E-state index in [1.165, 1.54) is 19.4 Å². The van der Waals surface area contributed by atoms with Crippen LogP contribution in [0.25, 0.3) is 0 Å². The second-order valence-electron chi connectivity index (χ2n) is 4.95. The third-order valence-electron chi connectivity index (χ3n) is 3.47. The molecule has 2 heterocycles. The molecule has 1 aromatic rings. The lowest BCUT2D eigenvalue weighted by molar-refractivity contribution is 0.276. The molecular formula is C13H24N6O. The SMILES string of the molecule is CCCOc1nc(N)nc(NCC2CCCN2CC)n1. The van der Waals surface area contributed by atoms with Crippen LogP contribution in [0.15, 0.2) is 0 Å². The van der Waals surface area contributed by atoms with E-state index in [0.29, 0.717) is 24.6 Å². The summed E-state index contributed by atoms with van der Waals surface area (Å²) < 4.78 is 5.40. The van der Waals surface area contributed by atoms with E-state index in [0.717, 1.165) is 19.5 Å². The molecule has 0 radical (unpaired) electrons. The highest BCUT2D eigenvalue weighted by Gasteiger charge is 2.22. The van der Waals surface area contributed by atoms with Gasteiger partial charge in [0.15, 0.2) is 0 Å². The quantitative estimate of drug-likeness (QED) is 0.774. The number of ether oxygens (including phenoxy) is 1. The second kappa shape index (κ2) is 7.23. The molecular weight excluding hydrogens is 256 g/mol. The van der Waals surface area contributed by atoms with Crippen molar-refractivity contribution in [2.45, 2.75) is 39.2 Å². The van der Waals surface area contributed by atoms with Gasteiger partial charge in [0.1, 0.15) is 0 Å². The largest absolute Gasteiger partial charge is 0.463 e. The highest BCUT2D eigenvalue weighted by atomic mass is 16.5. The first kappa shape index (κ1) is 14.8. The van der Waals surface area contributed by atoms with Crippen molar-refractivity contribution in [1.29, 1.82) is 0 Å². The summed E-state index contributed by atoms with van der Waals surface area (Å²) >= 11 is 0. The van der Waals surface area contributed by atoms with Crippen molar-refractivity contribution >= 4 is 11.9 Å². The molecule has 2 rings (SSSR count). The minimum absolute atomic E-state index is 0.187. The number of anilines is 2. The average molecular weight is 280 g/mol. The zero-order valence-electron chi connectivity index (χ0n) is 12.3. The Balaban J connectivity index is 1.93. The van der Waals surface area contributed by atoms with Crippen LogP contribution in [0.5, 0.6) is 6.01 Å². The molecule has 1 atom stereocenters. The van der Waals surface area contributed by atoms with E-state index in [-0.39, 0.29) is 5.95 Å². The minimum atomic E-state index is 0.187. The van der Waals surface area contributed by atoms with E-state index >= 15 is 0 Å². The number of hydrogen-bond donors (Lipinski definition) is 2. The number of rotatable bonds is 7. The van der Waals surface area contributed by atoms with Gasteiger partial charge in [0, 0.05) is 12.6 Å². The van der Waals surface area contributed by atoms with Gasteiger partial charge in [0.2, 0.25) is 11.9 Å². The molecule has 0 spiro atoms.